The van der Waals surface area contributed by atoms with E-state index >= 15 is 0 Å². The van der Waals surface area contributed by atoms with Gasteiger partial charge in [-0.05, 0) is 43.1 Å². The normalized spacial score (nSPS) is 18.0. The van der Waals surface area contributed by atoms with Gasteiger partial charge in [0, 0.05) is 35.2 Å². The van der Waals surface area contributed by atoms with Gasteiger partial charge in [0.2, 0.25) is 0 Å². The zero-order valence-corrected chi connectivity index (χ0v) is 20.4. The van der Waals surface area contributed by atoms with Gasteiger partial charge < -0.3 is 20.1 Å². The zero-order chi connectivity index (χ0) is 26.1. The summed E-state index contributed by atoms with van der Waals surface area (Å²) in [6.07, 6.45) is 2.46. The Morgan fingerprint density at radius 3 is 2.81 bits per heavy atom. The maximum Gasteiger partial charge on any atom is 0.343 e. The van der Waals surface area contributed by atoms with Crippen molar-refractivity contribution in [2.24, 2.45) is 5.73 Å². The number of hydrogen-bond donors (Lipinski definition) is 2. The van der Waals surface area contributed by atoms with Crippen molar-refractivity contribution < 1.29 is 19.0 Å². The Hall–Kier alpha value is -3.96. The van der Waals surface area contributed by atoms with Crippen molar-refractivity contribution in [3.63, 3.8) is 0 Å². The third kappa shape index (κ3) is 3.41. The number of carbonyl (C=O) groups excluding carboxylic acids is 1. The third-order valence-corrected chi connectivity index (χ3v) is 7.39. The molecule has 1 aromatic carbocycles. The van der Waals surface area contributed by atoms with Crippen LogP contribution in [-0.2, 0) is 41.2 Å². The first-order valence-electron chi connectivity index (χ1n) is 12.1. The quantitative estimate of drug-likeness (QED) is 0.345. The highest BCUT2D eigenvalue weighted by Gasteiger charge is 2.45. The third-order valence-electron chi connectivity index (χ3n) is 7.39. The molecule has 1 atom stereocenters. The molecule has 2 aliphatic rings. The summed E-state index contributed by atoms with van der Waals surface area (Å²) in [4.78, 5) is 30.8. The van der Waals surface area contributed by atoms with Crippen LogP contribution in [0.2, 0.25) is 0 Å². The number of rotatable bonds is 5. The van der Waals surface area contributed by atoms with Gasteiger partial charge >= 0.3 is 5.97 Å². The maximum atomic E-state index is 14.6. The van der Waals surface area contributed by atoms with Crippen LogP contribution in [0.4, 0.5) is 4.39 Å². The van der Waals surface area contributed by atoms with Gasteiger partial charge in [-0.2, -0.15) is 0 Å². The number of fused-ring (bicyclic) bond motifs is 5. The number of carbonyl (C=O) groups is 1. The Morgan fingerprint density at radius 2 is 2.05 bits per heavy atom. The number of nitrogens with zero attached hydrogens (tertiary/aromatic N) is 5. The van der Waals surface area contributed by atoms with Crippen LogP contribution in [0.5, 0.6) is 0 Å². The van der Waals surface area contributed by atoms with Gasteiger partial charge in [-0.25, -0.2) is 18.9 Å². The molecule has 11 heteroatoms. The second-order valence-electron chi connectivity index (χ2n) is 9.59. The summed E-state index contributed by atoms with van der Waals surface area (Å²) in [7, 11) is 0. The summed E-state index contributed by atoms with van der Waals surface area (Å²) in [5.41, 5.74) is 8.13. The van der Waals surface area contributed by atoms with Gasteiger partial charge in [0.25, 0.3) is 5.56 Å². The van der Waals surface area contributed by atoms with E-state index in [4.69, 9.17) is 15.5 Å². The average molecular weight is 505 g/mol. The van der Waals surface area contributed by atoms with Crippen molar-refractivity contribution in [3.8, 4) is 11.4 Å². The van der Waals surface area contributed by atoms with Crippen LogP contribution in [-0.4, -0.2) is 42.2 Å². The molecule has 0 spiro atoms. The van der Waals surface area contributed by atoms with E-state index < -0.39 is 11.6 Å². The highest BCUT2D eigenvalue weighted by molar-refractivity contribution is 5.89. The lowest BCUT2D eigenvalue weighted by Crippen LogP contribution is -2.44. The number of esters is 1. The fourth-order valence-electron chi connectivity index (χ4n) is 5.31. The van der Waals surface area contributed by atoms with E-state index in [2.05, 4.69) is 10.3 Å². The second-order valence-corrected chi connectivity index (χ2v) is 9.59. The lowest BCUT2D eigenvalue weighted by molar-refractivity contribution is -0.172. The monoisotopic (exact) mass is 504 g/mol. The van der Waals surface area contributed by atoms with E-state index in [1.807, 2.05) is 6.20 Å². The standard InChI is InChI=1S/C26H25FN6O4/c1-3-26(36)19-7-22-23-17(11-33(22)24(34)18(19)12-37-25(26)35)16(10-32-9-14(4-5-28)30-31-32)15-6-13(2)20(27)8-21(15)29-23/h6-9,36H,3-5,10-12,28H2,1-2H3/t26-/m0/s1. The van der Waals surface area contributed by atoms with Crippen LogP contribution >= 0.6 is 0 Å². The van der Waals surface area contributed by atoms with E-state index in [9.17, 15) is 19.1 Å². The van der Waals surface area contributed by atoms with Crippen LogP contribution < -0.4 is 11.3 Å². The molecule has 3 aromatic heterocycles. The fraction of sp³-hybridized carbons (Fsp3) is 0.346. The number of nitrogens with two attached hydrogens (primary N) is 1. The minimum Gasteiger partial charge on any atom is -0.458 e. The number of aryl methyl sites for hydroxylation is 1. The van der Waals surface area contributed by atoms with E-state index in [1.54, 1.807) is 35.2 Å². The molecule has 0 fully saturated rings. The fourth-order valence-corrected chi connectivity index (χ4v) is 5.31. The van der Waals surface area contributed by atoms with E-state index in [0.29, 0.717) is 42.0 Å². The summed E-state index contributed by atoms with van der Waals surface area (Å²) in [5.74, 6) is -1.17. The first-order chi connectivity index (χ1) is 17.7. The SMILES string of the molecule is CC[C@@]1(O)C(=O)OCc2c1cc1n(c2=O)Cc2c-1nc1cc(F)c(C)cc1c2Cn1cc(CCN)nn1. The van der Waals surface area contributed by atoms with Crippen molar-refractivity contribution in [1.29, 1.82) is 0 Å². The molecule has 6 rings (SSSR count). The largest absolute Gasteiger partial charge is 0.458 e. The molecule has 0 aliphatic carbocycles. The lowest BCUT2D eigenvalue weighted by Gasteiger charge is -2.31. The highest BCUT2D eigenvalue weighted by Crippen LogP contribution is 2.40. The Kier molecular flexibility index (Phi) is 5.25. The second kappa shape index (κ2) is 8.29. The summed E-state index contributed by atoms with van der Waals surface area (Å²) in [6, 6.07) is 4.78. The minimum atomic E-state index is -1.92. The molecule has 5 heterocycles. The Labute approximate surface area is 210 Å². The predicted molar refractivity (Wildman–Crippen MR) is 131 cm³/mol. The number of aromatic nitrogens is 5. The van der Waals surface area contributed by atoms with Crippen molar-refractivity contribution >= 4 is 16.9 Å². The van der Waals surface area contributed by atoms with Gasteiger partial charge in [-0.3, -0.25) is 4.79 Å². The molecule has 0 amide bonds. The first kappa shape index (κ1) is 23.4. The molecule has 0 unspecified atom stereocenters. The number of pyridine rings is 2. The molecule has 0 radical (unpaired) electrons. The molecule has 0 saturated carbocycles. The number of cyclic esters (lactones) is 1. The van der Waals surface area contributed by atoms with E-state index in [-0.39, 0.29) is 42.1 Å². The van der Waals surface area contributed by atoms with Crippen molar-refractivity contribution in [1.82, 2.24) is 24.5 Å². The molecule has 190 valence electrons. The number of benzene rings is 1. The topological polar surface area (TPSA) is 138 Å². The molecule has 4 aromatic rings. The van der Waals surface area contributed by atoms with Crippen LogP contribution in [0.3, 0.4) is 0 Å². The van der Waals surface area contributed by atoms with Gasteiger partial charge in [-0.15, -0.1) is 5.10 Å². The van der Waals surface area contributed by atoms with Gasteiger partial charge in [0.05, 0.1) is 41.3 Å². The van der Waals surface area contributed by atoms with Crippen LogP contribution in [0, 0.1) is 12.7 Å². The van der Waals surface area contributed by atoms with Gasteiger partial charge in [0.1, 0.15) is 12.4 Å². The smallest absolute Gasteiger partial charge is 0.343 e. The molecule has 37 heavy (non-hydrogen) atoms. The van der Waals surface area contributed by atoms with Crippen LogP contribution in [0.25, 0.3) is 22.3 Å². The van der Waals surface area contributed by atoms with E-state index in [1.165, 1.54) is 6.07 Å². The van der Waals surface area contributed by atoms with Crippen molar-refractivity contribution in [2.75, 3.05) is 6.54 Å². The number of ether oxygens (including phenoxy) is 1. The average Bonchev–Trinajstić information content (AvgIpc) is 3.47. The zero-order valence-electron chi connectivity index (χ0n) is 20.4. The predicted octanol–water partition coefficient (Wildman–Crippen LogP) is 1.67. The summed E-state index contributed by atoms with van der Waals surface area (Å²) in [6.45, 7) is 4.14. The number of halogens is 1. The van der Waals surface area contributed by atoms with Crippen molar-refractivity contribution in [3.05, 3.63) is 74.1 Å². The molecular weight excluding hydrogens is 479 g/mol. The molecule has 0 saturated heterocycles. The highest BCUT2D eigenvalue weighted by atomic mass is 19.1. The first-order valence-corrected chi connectivity index (χ1v) is 12.1. The lowest BCUT2D eigenvalue weighted by atomic mass is 9.86. The maximum absolute atomic E-state index is 14.6. The van der Waals surface area contributed by atoms with Gasteiger partial charge in [-0.1, -0.05) is 12.1 Å². The number of aliphatic hydroxyl groups is 1. The van der Waals surface area contributed by atoms with Gasteiger partial charge in [0.15, 0.2) is 5.60 Å². The molecule has 3 N–H and O–H groups in total. The van der Waals surface area contributed by atoms with Crippen LogP contribution in [0.1, 0.15) is 46.9 Å². The Balaban J connectivity index is 1.59. The molecule has 10 nitrogen and oxygen atoms in total. The number of hydrogen-bond acceptors (Lipinski definition) is 8. The minimum absolute atomic E-state index is 0.0485. The summed E-state index contributed by atoms with van der Waals surface area (Å²) >= 11 is 0. The Morgan fingerprint density at radius 1 is 1.24 bits per heavy atom. The van der Waals surface area contributed by atoms with Crippen molar-refractivity contribution in [2.45, 2.75) is 52.0 Å². The molecule has 2 aliphatic heterocycles. The summed E-state index contributed by atoms with van der Waals surface area (Å²) < 4.78 is 23.0. The molecule has 0 bridgehead atoms. The summed E-state index contributed by atoms with van der Waals surface area (Å²) in [5, 5.41) is 20.3. The Bertz CT molecular complexity index is 1680. The van der Waals surface area contributed by atoms with Crippen LogP contribution in [0.15, 0.2) is 29.2 Å². The van der Waals surface area contributed by atoms with E-state index in [0.717, 1.165) is 22.2 Å². The molecular formula is C26H25FN6O4.